The van der Waals surface area contributed by atoms with E-state index in [9.17, 15) is 9.90 Å². The molecule has 0 fully saturated rings. The molecule has 6 nitrogen and oxygen atoms in total. The van der Waals surface area contributed by atoms with Gasteiger partial charge in [0.25, 0.3) is 0 Å². The number of para-hydroxylation sites is 2. The number of aromatic hydroxyl groups is 1. The number of aryl methyl sites for hydroxylation is 1. The predicted octanol–water partition coefficient (Wildman–Crippen LogP) is 5.44. The highest BCUT2D eigenvalue weighted by Gasteiger charge is 2.19. The third-order valence-corrected chi connectivity index (χ3v) is 6.01. The summed E-state index contributed by atoms with van der Waals surface area (Å²) in [5.41, 5.74) is 3.16. The Morgan fingerprint density at radius 2 is 1.81 bits per heavy atom. The van der Waals surface area contributed by atoms with Crippen LogP contribution < -0.4 is 5.32 Å². The largest absolute Gasteiger partial charge is 0.507 e. The van der Waals surface area contributed by atoms with Crippen LogP contribution in [-0.4, -0.2) is 31.5 Å². The third kappa shape index (κ3) is 4.81. The fraction of sp³-hybridized carbons (Fsp3) is 0.0870. The molecule has 0 atom stereocenters. The molecule has 0 bridgehead atoms. The minimum absolute atomic E-state index is 0.118. The van der Waals surface area contributed by atoms with E-state index in [4.69, 9.17) is 0 Å². The van der Waals surface area contributed by atoms with Crippen LogP contribution >= 0.6 is 27.7 Å². The topological polar surface area (TPSA) is 80.0 Å². The van der Waals surface area contributed by atoms with Crippen molar-refractivity contribution in [1.29, 1.82) is 0 Å². The van der Waals surface area contributed by atoms with Crippen molar-refractivity contribution in [3.05, 3.63) is 82.8 Å². The van der Waals surface area contributed by atoms with Gasteiger partial charge in [-0.3, -0.25) is 9.36 Å². The van der Waals surface area contributed by atoms with Crippen LogP contribution in [0.4, 0.5) is 5.69 Å². The third-order valence-electron chi connectivity index (χ3n) is 4.59. The second-order valence-corrected chi connectivity index (χ2v) is 8.65. The first kappa shape index (κ1) is 21.1. The number of thioether (sulfide) groups is 1. The molecular formula is C23H19BrN4O2S. The van der Waals surface area contributed by atoms with E-state index in [-0.39, 0.29) is 17.4 Å². The lowest BCUT2D eigenvalue weighted by atomic mass is 10.2. The molecule has 156 valence electrons. The number of carbonyl (C=O) groups is 1. The number of phenols is 1. The Kier molecular flexibility index (Phi) is 6.39. The Hall–Kier alpha value is -3.10. The number of benzene rings is 3. The molecule has 0 saturated heterocycles. The molecule has 31 heavy (non-hydrogen) atoms. The van der Waals surface area contributed by atoms with Crippen molar-refractivity contribution in [3.8, 4) is 22.8 Å². The number of amides is 1. The van der Waals surface area contributed by atoms with Crippen LogP contribution in [0.1, 0.15) is 5.56 Å². The van der Waals surface area contributed by atoms with Crippen molar-refractivity contribution in [2.45, 2.75) is 12.1 Å². The van der Waals surface area contributed by atoms with Crippen LogP contribution in [0.15, 0.2) is 82.4 Å². The van der Waals surface area contributed by atoms with Gasteiger partial charge >= 0.3 is 0 Å². The van der Waals surface area contributed by atoms with Gasteiger partial charge in [-0.1, -0.05) is 58.0 Å². The van der Waals surface area contributed by atoms with Crippen molar-refractivity contribution in [2.75, 3.05) is 11.1 Å². The summed E-state index contributed by atoms with van der Waals surface area (Å²) in [4.78, 5) is 12.6. The van der Waals surface area contributed by atoms with Crippen LogP contribution in [0.5, 0.6) is 5.75 Å². The average molecular weight is 495 g/mol. The van der Waals surface area contributed by atoms with Gasteiger partial charge in [0.05, 0.1) is 11.3 Å². The Morgan fingerprint density at radius 3 is 2.55 bits per heavy atom. The normalized spacial score (nSPS) is 10.8. The summed E-state index contributed by atoms with van der Waals surface area (Å²) >= 11 is 4.71. The van der Waals surface area contributed by atoms with Gasteiger partial charge in [-0.25, -0.2) is 0 Å². The maximum Gasteiger partial charge on any atom is 0.234 e. The van der Waals surface area contributed by atoms with Crippen LogP contribution in [0.25, 0.3) is 17.1 Å². The molecule has 0 aliphatic rings. The molecule has 0 spiro atoms. The smallest absolute Gasteiger partial charge is 0.234 e. The maximum absolute atomic E-state index is 12.6. The quantitative estimate of drug-likeness (QED) is 0.348. The number of nitrogens with one attached hydrogen (secondary N) is 1. The predicted molar refractivity (Wildman–Crippen MR) is 127 cm³/mol. The van der Waals surface area contributed by atoms with Gasteiger partial charge in [-0.05, 0) is 55.0 Å². The van der Waals surface area contributed by atoms with E-state index in [2.05, 4.69) is 31.4 Å². The van der Waals surface area contributed by atoms with E-state index in [0.717, 1.165) is 21.4 Å². The lowest BCUT2D eigenvalue weighted by molar-refractivity contribution is -0.113. The lowest BCUT2D eigenvalue weighted by Crippen LogP contribution is -2.15. The van der Waals surface area contributed by atoms with Crippen molar-refractivity contribution in [3.63, 3.8) is 0 Å². The fourth-order valence-electron chi connectivity index (χ4n) is 3.09. The molecule has 2 N–H and O–H groups in total. The standard InChI is InChI=1S/C23H19BrN4O2S/c1-15-13-16(24)11-12-19(15)25-21(30)14-31-23-27-26-22(18-9-5-6-10-20(18)29)28(23)17-7-3-2-4-8-17/h2-13,29H,14H2,1H3,(H,25,30). The summed E-state index contributed by atoms with van der Waals surface area (Å²) in [5.74, 6) is 0.659. The molecule has 1 heterocycles. The molecule has 0 unspecified atom stereocenters. The lowest BCUT2D eigenvalue weighted by Gasteiger charge is -2.11. The minimum atomic E-state index is -0.137. The van der Waals surface area contributed by atoms with Gasteiger partial charge < -0.3 is 10.4 Å². The number of aromatic nitrogens is 3. The van der Waals surface area contributed by atoms with E-state index >= 15 is 0 Å². The molecule has 4 aromatic rings. The Bertz CT molecular complexity index is 1230. The van der Waals surface area contributed by atoms with Crippen molar-refractivity contribution in [1.82, 2.24) is 14.8 Å². The Labute approximate surface area is 192 Å². The number of halogens is 1. The number of phenolic OH excluding ortho intramolecular Hbond substituents is 1. The van der Waals surface area contributed by atoms with Crippen LogP contribution in [0, 0.1) is 6.92 Å². The van der Waals surface area contributed by atoms with Gasteiger partial charge in [0.2, 0.25) is 5.91 Å². The summed E-state index contributed by atoms with van der Waals surface area (Å²) in [6, 6.07) is 22.3. The second kappa shape index (κ2) is 9.36. The first-order valence-electron chi connectivity index (χ1n) is 9.51. The highest BCUT2D eigenvalue weighted by molar-refractivity contribution is 9.10. The second-order valence-electron chi connectivity index (χ2n) is 6.79. The molecule has 0 saturated carbocycles. The highest BCUT2D eigenvalue weighted by Crippen LogP contribution is 2.32. The van der Waals surface area contributed by atoms with Crippen molar-refractivity contribution < 1.29 is 9.90 Å². The number of nitrogens with zero attached hydrogens (tertiary/aromatic N) is 3. The molecule has 0 aliphatic heterocycles. The van der Waals surface area contributed by atoms with Crippen molar-refractivity contribution >= 4 is 39.3 Å². The monoisotopic (exact) mass is 494 g/mol. The number of rotatable bonds is 6. The molecular weight excluding hydrogens is 476 g/mol. The summed E-state index contributed by atoms with van der Waals surface area (Å²) in [6.07, 6.45) is 0. The van der Waals surface area contributed by atoms with Gasteiger partial charge in [0, 0.05) is 15.8 Å². The van der Waals surface area contributed by atoms with E-state index in [1.165, 1.54) is 11.8 Å². The van der Waals surface area contributed by atoms with Crippen molar-refractivity contribution in [2.24, 2.45) is 0 Å². The zero-order valence-corrected chi connectivity index (χ0v) is 19.0. The molecule has 0 aliphatic carbocycles. The first-order chi connectivity index (χ1) is 15.0. The fourth-order valence-corrected chi connectivity index (χ4v) is 4.32. The maximum atomic E-state index is 12.6. The van der Waals surface area contributed by atoms with Gasteiger partial charge in [-0.2, -0.15) is 0 Å². The molecule has 0 radical (unpaired) electrons. The molecule has 3 aromatic carbocycles. The average Bonchev–Trinajstić information content (AvgIpc) is 3.19. The number of carbonyl (C=O) groups excluding carboxylic acids is 1. The van der Waals surface area contributed by atoms with Crippen LogP contribution in [-0.2, 0) is 4.79 Å². The summed E-state index contributed by atoms with van der Waals surface area (Å²) in [7, 11) is 0. The Balaban J connectivity index is 1.60. The number of hydrogen-bond donors (Lipinski definition) is 2. The van der Waals surface area contributed by atoms with E-state index in [1.54, 1.807) is 18.2 Å². The Morgan fingerprint density at radius 1 is 1.06 bits per heavy atom. The molecule has 1 amide bonds. The molecule has 8 heteroatoms. The number of anilines is 1. The number of hydrogen-bond acceptors (Lipinski definition) is 5. The highest BCUT2D eigenvalue weighted by atomic mass is 79.9. The zero-order chi connectivity index (χ0) is 21.8. The van der Waals surface area contributed by atoms with Gasteiger partial charge in [0.15, 0.2) is 11.0 Å². The molecule has 4 rings (SSSR count). The summed E-state index contributed by atoms with van der Waals surface area (Å²) in [5, 5.41) is 22.4. The zero-order valence-electron chi connectivity index (χ0n) is 16.6. The molecule has 1 aromatic heterocycles. The van der Waals surface area contributed by atoms with E-state index < -0.39 is 0 Å². The van der Waals surface area contributed by atoms with Crippen LogP contribution in [0.3, 0.4) is 0 Å². The van der Waals surface area contributed by atoms with Gasteiger partial charge in [-0.15, -0.1) is 10.2 Å². The minimum Gasteiger partial charge on any atom is -0.507 e. The SMILES string of the molecule is Cc1cc(Br)ccc1NC(=O)CSc1nnc(-c2ccccc2O)n1-c1ccccc1. The summed E-state index contributed by atoms with van der Waals surface area (Å²) in [6.45, 7) is 1.94. The van der Waals surface area contributed by atoms with Crippen LogP contribution in [0.2, 0.25) is 0 Å². The van der Waals surface area contributed by atoms with E-state index in [0.29, 0.717) is 16.5 Å². The first-order valence-corrected chi connectivity index (χ1v) is 11.3. The summed E-state index contributed by atoms with van der Waals surface area (Å²) < 4.78 is 2.81. The van der Waals surface area contributed by atoms with E-state index in [1.807, 2.05) is 66.1 Å². The van der Waals surface area contributed by atoms with Gasteiger partial charge in [0.1, 0.15) is 5.75 Å².